The van der Waals surface area contributed by atoms with Gasteiger partial charge in [0, 0.05) is 13.6 Å². The Labute approximate surface area is 93.3 Å². The normalized spacial score (nSPS) is 12.8. The molecule has 1 atom stereocenters. The molecule has 0 radical (unpaired) electrons. The Morgan fingerprint density at radius 1 is 1.69 bits per heavy atom. The van der Waals surface area contributed by atoms with E-state index in [1.165, 1.54) is 10.9 Å². The number of nitro groups is 1. The fraction of sp³-hybridized carbons (Fsp3) is 0.667. The fourth-order valence-electron chi connectivity index (χ4n) is 1.19. The van der Waals surface area contributed by atoms with Crippen molar-refractivity contribution in [3.8, 4) is 0 Å². The van der Waals surface area contributed by atoms with Crippen molar-refractivity contribution in [1.29, 1.82) is 0 Å². The fourth-order valence-corrected chi connectivity index (χ4v) is 1.19. The lowest BCUT2D eigenvalue weighted by atomic mass is 10.1. The van der Waals surface area contributed by atoms with Crippen LogP contribution in [0.2, 0.25) is 0 Å². The maximum absolute atomic E-state index is 10.6. The molecule has 0 amide bonds. The van der Waals surface area contributed by atoms with Gasteiger partial charge in [0.05, 0.1) is 6.10 Å². The van der Waals surface area contributed by atoms with Gasteiger partial charge in [0.25, 0.3) is 0 Å². The molecule has 90 valence electrons. The van der Waals surface area contributed by atoms with E-state index >= 15 is 0 Å². The number of aryl methyl sites for hydroxylation is 1. The summed E-state index contributed by atoms with van der Waals surface area (Å²) in [5.74, 6) is 0.183. The van der Waals surface area contributed by atoms with Crippen molar-refractivity contribution in [1.82, 2.24) is 9.55 Å². The molecule has 0 fully saturated rings. The third kappa shape index (κ3) is 2.69. The van der Waals surface area contributed by atoms with Crippen molar-refractivity contribution in [2.75, 3.05) is 11.9 Å². The molecular weight excluding hydrogens is 212 g/mol. The van der Waals surface area contributed by atoms with E-state index in [2.05, 4.69) is 10.3 Å². The predicted octanol–water partition coefficient (Wildman–Crippen LogP) is 0.757. The van der Waals surface area contributed by atoms with E-state index in [0.29, 0.717) is 5.82 Å². The van der Waals surface area contributed by atoms with Crippen molar-refractivity contribution in [3.05, 3.63) is 16.4 Å². The summed E-state index contributed by atoms with van der Waals surface area (Å²) in [7, 11) is 1.66. The summed E-state index contributed by atoms with van der Waals surface area (Å²) in [4.78, 5) is 13.7. The van der Waals surface area contributed by atoms with E-state index in [4.69, 9.17) is 0 Å². The minimum absolute atomic E-state index is 0.0970. The molecule has 0 saturated heterocycles. The highest BCUT2D eigenvalue weighted by molar-refractivity contribution is 5.51. The zero-order chi connectivity index (χ0) is 12.3. The highest BCUT2D eigenvalue weighted by Gasteiger charge is 2.20. The topological polar surface area (TPSA) is 93.2 Å². The minimum atomic E-state index is -0.551. The lowest BCUT2D eigenvalue weighted by Crippen LogP contribution is -2.25. The summed E-state index contributed by atoms with van der Waals surface area (Å²) in [6.07, 6.45) is 0.817. The summed E-state index contributed by atoms with van der Waals surface area (Å²) < 4.78 is 1.52. The van der Waals surface area contributed by atoms with E-state index in [0.717, 1.165) is 0 Å². The Morgan fingerprint density at radius 2 is 2.31 bits per heavy atom. The lowest BCUT2D eigenvalue weighted by molar-refractivity contribution is -0.388. The van der Waals surface area contributed by atoms with Crippen LogP contribution in [0.15, 0.2) is 6.33 Å². The molecule has 1 aromatic heterocycles. The van der Waals surface area contributed by atoms with Gasteiger partial charge in [0.1, 0.15) is 0 Å². The average molecular weight is 228 g/mol. The predicted molar refractivity (Wildman–Crippen MR) is 59.2 cm³/mol. The summed E-state index contributed by atoms with van der Waals surface area (Å²) in [5.41, 5.74) is 0. The molecule has 0 saturated carbocycles. The maximum Gasteiger partial charge on any atom is 0.406 e. The molecule has 1 aromatic rings. The van der Waals surface area contributed by atoms with Gasteiger partial charge in [-0.3, -0.25) is 4.57 Å². The maximum atomic E-state index is 10.6. The molecule has 0 aliphatic heterocycles. The van der Waals surface area contributed by atoms with Crippen LogP contribution in [0.1, 0.15) is 13.8 Å². The molecule has 7 nitrogen and oxygen atoms in total. The van der Waals surface area contributed by atoms with Crippen LogP contribution in [0.4, 0.5) is 11.6 Å². The molecule has 0 bridgehead atoms. The van der Waals surface area contributed by atoms with E-state index in [1.807, 2.05) is 13.8 Å². The SMILES string of the molecule is CC(C)C(O)CNc1c([N+](=O)[O-])ncn1C. The monoisotopic (exact) mass is 228 g/mol. The van der Waals surface area contributed by atoms with Crippen LogP contribution in [-0.2, 0) is 7.05 Å². The van der Waals surface area contributed by atoms with Gasteiger partial charge in [-0.2, -0.15) is 0 Å². The third-order valence-electron chi connectivity index (χ3n) is 2.34. The van der Waals surface area contributed by atoms with Crippen LogP contribution in [0, 0.1) is 16.0 Å². The van der Waals surface area contributed by atoms with Crippen LogP contribution < -0.4 is 5.32 Å². The minimum Gasteiger partial charge on any atom is -0.391 e. The molecule has 16 heavy (non-hydrogen) atoms. The molecule has 0 aliphatic rings. The molecular formula is C9H16N4O3. The first kappa shape index (κ1) is 12.4. The second kappa shape index (κ2) is 4.93. The summed E-state index contributed by atoms with van der Waals surface area (Å²) in [6, 6.07) is 0. The van der Waals surface area contributed by atoms with E-state index in [1.54, 1.807) is 7.05 Å². The lowest BCUT2D eigenvalue weighted by Gasteiger charge is -2.15. The van der Waals surface area contributed by atoms with Gasteiger partial charge in [0.2, 0.25) is 12.1 Å². The third-order valence-corrected chi connectivity index (χ3v) is 2.34. The number of imidazole rings is 1. The zero-order valence-corrected chi connectivity index (χ0v) is 9.54. The van der Waals surface area contributed by atoms with Crippen LogP contribution in [0.3, 0.4) is 0 Å². The molecule has 7 heteroatoms. The zero-order valence-electron chi connectivity index (χ0n) is 9.54. The van der Waals surface area contributed by atoms with Gasteiger partial charge in [-0.15, -0.1) is 0 Å². The number of aliphatic hydroxyl groups excluding tert-OH is 1. The van der Waals surface area contributed by atoms with Gasteiger partial charge in [-0.05, 0) is 15.8 Å². The smallest absolute Gasteiger partial charge is 0.391 e. The average Bonchev–Trinajstić information content (AvgIpc) is 2.56. The number of hydrogen-bond acceptors (Lipinski definition) is 5. The van der Waals surface area contributed by atoms with Crippen LogP contribution in [-0.4, -0.2) is 32.2 Å². The Bertz CT molecular complexity index is 375. The van der Waals surface area contributed by atoms with Gasteiger partial charge in [-0.1, -0.05) is 13.8 Å². The number of nitrogens with one attached hydrogen (secondary N) is 1. The van der Waals surface area contributed by atoms with Gasteiger partial charge in [0.15, 0.2) is 0 Å². The number of aliphatic hydroxyl groups is 1. The van der Waals surface area contributed by atoms with Crippen molar-refractivity contribution in [2.45, 2.75) is 20.0 Å². The Kier molecular flexibility index (Phi) is 3.83. The summed E-state index contributed by atoms with van der Waals surface area (Å²) in [5, 5.41) is 23.1. The van der Waals surface area contributed by atoms with Crippen molar-refractivity contribution in [3.63, 3.8) is 0 Å². The van der Waals surface area contributed by atoms with Crippen LogP contribution >= 0.6 is 0 Å². The van der Waals surface area contributed by atoms with Crippen molar-refractivity contribution >= 4 is 11.6 Å². The first-order chi connectivity index (χ1) is 7.43. The number of hydrogen-bond donors (Lipinski definition) is 2. The molecule has 0 spiro atoms. The Hall–Kier alpha value is -1.63. The van der Waals surface area contributed by atoms with E-state index in [-0.39, 0.29) is 18.3 Å². The number of rotatable bonds is 5. The van der Waals surface area contributed by atoms with Crippen molar-refractivity contribution in [2.24, 2.45) is 13.0 Å². The van der Waals surface area contributed by atoms with Crippen molar-refractivity contribution < 1.29 is 10.0 Å². The molecule has 2 N–H and O–H groups in total. The van der Waals surface area contributed by atoms with Crippen LogP contribution in [0.25, 0.3) is 0 Å². The molecule has 1 unspecified atom stereocenters. The second-order valence-electron chi connectivity index (χ2n) is 3.98. The largest absolute Gasteiger partial charge is 0.406 e. The first-order valence-electron chi connectivity index (χ1n) is 5.01. The second-order valence-corrected chi connectivity index (χ2v) is 3.98. The molecule has 0 aromatic carbocycles. The Morgan fingerprint density at radius 3 is 2.81 bits per heavy atom. The first-order valence-corrected chi connectivity index (χ1v) is 5.01. The summed E-state index contributed by atoms with van der Waals surface area (Å²) >= 11 is 0. The van der Waals surface area contributed by atoms with Gasteiger partial charge >= 0.3 is 5.82 Å². The standard InChI is InChI=1S/C9H16N4O3/c1-6(2)7(14)4-10-8-9(13(15)16)11-5-12(8)3/h5-7,10,14H,4H2,1-3H3. The number of anilines is 1. The number of nitrogens with zero attached hydrogens (tertiary/aromatic N) is 3. The van der Waals surface area contributed by atoms with Gasteiger partial charge in [-0.25, -0.2) is 0 Å². The highest BCUT2D eigenvalue weighted by Crippen LogP contribution is 2.21. The van der Waals surface area contributed by atoms with E-state index in [9.17, 15) is 15.2 Å². The van der Waals surface area contributed by atoms with Gasteiger partial charge < -0.3 is 20.5 Å². The van der Waals surface area contributed by atoms with E-state index < -0.39 is 11.0 Å². The summed E-state index contributed by atoms with van der Waals surface area (Å²) in [6.45, 7) is 4.02. The quantitative estimate of drug-likeness (QED) is 0.573. The number of aromatic nitrogens is 2. The molecule has 1 rings (SSSR count). The molecule has 1 heterocycles. The van der Waals surface area contributed by atoms with Crippen LogP contribution in [0.5, 0.6) is 0 Å². The molecule has 0 aliphatic carbocycles. The highest BCUT2D eigenvalue weighted by atomic mass is 16.6. The Balaban J connectivity index is 2.73.